The Kier molecular flexibility index (Phi) is 3.69. The number of hydrogen-bond donors (Lipinski definition) is 2. The van der Waals surface area contributed by atoms with Gasteiger partial charge in [-0.05, 0) is 30.3 Å². The van der Waals surface area contributed by atoms with E-state index in [-0.39, 0.29) is 10.6 Å². The number of carboxylic acids is 1. The van der Waals surface area contributed by atoms with Gasteiger partial charge in [0.15, 0.2) is 0 Å². The minimum absolute atomic E-state index is 0.147. The predicted molar refractivity (Wildman–Crippen MR) is 74.5 cm³/mol. The number of nitriles is 1. The zero-order valence-corrected chi connectivity index (χ0v) is 11.8. The van der Waals surface area contributed by atoms with Gasteiger partial charge in [-0.15, -0.1) is 0 Å². The van der Waals surface area contributed by atoms with Crippen molar-refractivity contribution in [2.24, 2.45) is 0 Å². The Bertz CT molecular complexity index is 816. The summed E-state index contributed by atoms with van der Waals surface area (Å²) in [7, 11) is -2.52. The lowest BCUT2D eigenvalue weighted by Gasteiger charge is -2.18. The van der Waals surface area contributed by atoms with Gasteiger partial charge >= 0.3 is 5.97 Å². The van der Waals surface area contributed by atoms with E-state index in [0.29, 0.717) is 11.3 Å². The molecule has 1 aromatic carbocycles. The van der Waals surface area contributed by atoms with E-state index in [1.807, 2.05) is 6.07 Å². The van der Waals surface area contributed by atoms with E-state index in [0.717, 1.165) is 16.6 Å². The molecular weight excluding hydrogens is 294 g/mol. The van der Waals surface area contributed by atoms with Crippen LogP contribution in [0.1, 0.15) is 16.1 Å². The number of benzene rings is 1. The Balaban J connectivity index is 2.37. The molecule has 0 aliphatic heterocycles. The Morgan fingerprint density at radius 3 is 2.43 bits per heavy atom. The van der Waals surface area contributed by atoms with Gasteiger partial charge in [0.1, 0.15) is 10.6 Å². The second kappa shape index (κ2) is 5.30. The van der Waals surface area contributed by atoms with Crippen LogP contribution in [-0.2, 0) is 10.0 Å². The summed E-state index contributed by atoms with van der Waals surface area (Å²) in [6, 6.07) is 9.00. The average molecular weight is 305 g/mol. The largest absolute Gasteiger partial charge is 0.477 e. The van der Waals surface area contributed by atoms with Crippen molar-refractivity contribution in [3.8, 4) is 6.07 Å². The highest BCUT2D eigenvalue weighted by molar-refractivity contribution is 7.92. The van der Waals surface area contributed by atoms with E-state index in [2.05, 4.69) is 4.98 Å². The molecule has 0 atom stereocenters. The number of nitrogens with one attached hydrogen (secondary N) is 1. The number of hydrogen-bond acceptors (Lipinski definition) is 4. The molecule has 0 aliphatic rings. The molecule has 0 saturated heterocycles. The summed E-state index contributed by atoms with van der Waals surface area (Å²) in [6.45, 7) is 0. The Labute approximate surface area is 121 Å². The second-order valence-electron chi connectivity index (χ2n) is 4.19. The lowest BCUT2D eigenvalue weighted by atomic mass is 10.2. The normalized spacial score (nSPS) is 10.9. The van der Waals surface area contributed by atoms with Crippen LogP contribution in [0.3, 0.4) is 0 Å². The summed E-state index contributed by atoms with van der Waals surface area (Å²) in [6.07, 6.45) is 1.12. The molecule has 2 rings (SSSR count). The first-order valence-corrected chi connectivity index (χ1v) is 7.21. The van der Waals surface area contributed by atoms with Crippen LogP contribution in [0.15, 0.2) is 41.4 Å². The Morgan fingerprint density at radius 2 is 1.95 bits per heavy atom. The van der Waals surface area contributed by atoms with Crippen LogP contribution in [0.5, 0.6) is 0 Å². The number of rotatable bonds is 4. The van der Waals surface area contributed by atoms with Gasteiger partial charge in [0.2, 0.25) is 0 Å². The van der Waals surface area contributed by atoms with Gasteiger partial charge in [-0.25, -0.2) is 13.2 Å². The van der Waals surface area contributed by atoms with Crippen molar-refractivity contribution in [3.05, 3.63) is 47.8 Å². The first-order chi connectivity index (χ1) is 9.86. The van der Waals surface area contributed by atoms with Crippen molar-refractivity contribution >= 4 is 21.7 Å². The molecule has 0 bridgehead atoms. The number of nitrogens with zero attached hydrogens (tertiary/aromatic N) is 2. The molecule has 0 spiro atoms. The highest BCUT2D eigenvalue weighted by Gasteiger charge is 2.23. The fourth-order valence-electron chi connectivity index (χ4n) is 1.69. The quantitative estimate of drug-likeness (QED) is 0.886. The van der Waals surface area contributed by atoms with Gasteiger partial charge in [0, 0.05) is 13.2 Å². The zero-order chi connectivity index (χ0) is 15.6. The second-order valence-corrected chi connectivity index (χ2v) is 6.15. The van der Waals surface area contributed by atoms with E-state index >= 15 is 0 Å². The van der Waals surface area contributed by atoms with E-state index in [1.54, 1.807) is 0 Å². The van der Waals surface area contributed by atoms with Crippen molar-refractivity contribution in [1.82, 2.24) is 4.98 Å². The first-order valence-electron chi connectivity index (χ1n) is 5.77. The highest BCUT2D eigenvalue weighted by Crippen LogP contribution is 2.22. The summed E-state index contributed by atoms with van der Waals surface area (Å²) < 4.78 is 25.8. The molecule has 21 heavy (non-hydrogen) atoms. The smallest absolute Gasteiger partial charge is 0.352 e. The van der Waals surface area contributed by atoms with Crippen LogP contribution >= 0.6 is 0 Å². The molecule has 2 aromatic rings. The lowest BCUT2D eigenvalue weighted by molar-refractivity contribution is 0.0691. The standard InChI is InChI=1S/C13H11N3O4S/c1-16(10-4-2-9(7-14)3-5-10)21(19,20)11-6-12(13(17)18)15-8-11/h2-6,8,15H,1H3,(H,17,18). The number of aromatic amines is 1. The van der Waals surface area contributed by atoms with Crippen molar-refractivity contribution in [3.63, 3.8) is 0 Å². The number of carbonyl (C=O) groups is 1. The maximum absolute atomic E-state index is 12.4. The number of H-pyrrole nitrogens is 1. The molecule has 0 unspecified atom stereocenters. The number of sulfonamides is 1. The van der Waals surface area contributed by atoms with Crippen LogP contribution in [0.2, 0.25) is 0 Å². The monoisotopic (exact) mass is 305 g/mol. The molecule has 108 valence electrons. The van der Waals surface area contributed by atoms with Gasteiger partial charge in [-0.1, -0.05) is 0 Å². The van der Waals surface area contributed by atoms with Gasteiger partial charge in [-0.2, -0.15) is 5.26 Å². The van der Waals surface area contributed by atoms with Crippen LogP contribution in [-0.4, -0.2) is 31.5 Å². The molecule has 2 N–H and O–H groups in total. The van der Waals surface area contributed by atoms with Crippen LogP contribution in [0, 0.1) is 11.3 Å². The van der Waals surface area contributed by atoms with Gasteiger partial charge in [0.25, 0.3) is 10.0 Å². The molecule has 7 nitrogen and oxygen atoms in total. The van der Waals surface area contributed by atoms with Gasteiger partial charge < -0.3 is 10.1 Å². The SMILES string of the molecule is CN(c1ccc(C#N)cc1)S(=O)(=O)c1c[nH]c(C(=O)O)c1. The zero-order valence-electron chi connectivity index (χ0n) is 10.9. The van der Waals surface area contributed by atoms with E-state index in [1.165, 1.54) is 31.3 Å². The molecule has 8 heteroatoms. The van der Waals surface area contributed by atoms with Crippen LogP contribution in [0.4, 0.5) is 5.69 Å². The third-order valence-electron chi connectivity index (χ3n) is 2.91. The summed E-state index contributed by atoms with van der Waals surface area (Å²) in [5.41, 5.74) is 0.577. The maximum Gasteiger partial charge on any atom is 0.352 e. The van der Waals surface area contributed by atoms with Crippen molar-refractivity contribution in [2.75, 3.05) is 11.4 Å². The van der Waals surface area contributed by atoms with E-state index < -0.39 is 16.0 Å². The molecular formula is C13H11N3O4S. The molecule has 0 aliphatic carbocycles. The van der Waals surface area contributed by atoms with Gasteiger partial charge in [-0.3, -0.25) is 4.31 Å². The van der Waals surface area contributed by atoms with Crippen LogP contribution in [0.25, 0.3) is 0 Å². The third kappa shape index (κ3) is 2.73. The molecule has 0 radical (unpaired) electrons. The fourth-order valence-corrected chi connectivity index (χ4v) is 2.88. The average Bonchev–Trinajstić information content (AvgIpc) is 2.97. The minimum Gasteiger partial charge on any atom is -0.477 e. The van der Waals surface area contributed by atoms with Crippen molar-refractivity contribution in [1.29, 1.82) is 5.26 Å². The number of anilines is 1. The number of aromatic nitrogens is 1. The van der Waals surface area contributed by atoms with E-state index in [9.17, 15) is 13.2 Å². The van der Waals surface area contributed by atoms with E-state index in [4.69, 9.17) is 10.4 Å². The Morgan fingerprint density at radius 1 is 1.33 bits per heavy atom. The molecule has 0 fully saturated rings. The van der Waals surface area contributed by atoms with Crippen LogP contribution < -0.4 is 4.31 Å². The predicted octanol–water partition coefficient (Wildman–Crippen LogP) is 1.41. The molecule has 1 aromatic heterocycles. The Hall–Kier alpha value is -2.79. The number of aromatic carboxylic acids is 1. The minimum atomic E-state index is -3.87. The lowest BCUT2D eigenvalue weighted by Crippen LogP contribution is -2.26. The van der Waals surface area contributed by atoms with Crippen molar-refractivity contribution in [2.45, 2.75) is 4.90 Å². The fraction of sp³-hybridized carbons (Fsp3) is 0.0769. The third-order valence-corrected chi connectivity index (χ3v) is 4.67. The topological polar surface area (TPSA) is 114 Å². The first kappa shape index (κ1) is 14.6. The molecule has 0 saturated carbocycles. The molecule has 0 amide bonds. The number of carboxylic acid groups (broad SMARTS) is 1. The summed E-state index contributed by atoms with van der Waals surface area (Å²) in [5.74, 6) is -1.24. The maximum atomic E-state index is 12.4. The van der Waals surface area contributed by atoms with Gasteiger partial charge in [0.05, 0.1) is 17.3 Å². The highest BCUT2D eigenvalue weighted by atomic mass is 32.2. The summed E-state index contributed by atoms with van der Waals surface area (Å²) >= 11 is 0. The molecule has 1 heterocycles. The van der Waals surface area contributed by atoms with Crippen molar-refractivity contribution < 1.29 is 18.3 Å². The summed E-state index contributed by atoms with van der Waals surface area (Å²) in [4.78, 5) is 13.0. The summed E-state index contributed by atoms with van der Waals surface area (Å²) in [5, 5.41) is 17.5.